The molecule has 0 bridgehead atoms. The molecule has 24 heavy (non-hydrogen) atoms. The molecule has 122 valence electrons. The van der Waals surface area contributed by atoms with Crippen LogP contribution in [0.2, 0.25) is 0 Å². The summed E-state index contributed by atoms with van der Waals surface area (Å²) < 4.78 is 1.72. The molecule has 0 radical (unpaired) electrons. The van der Waals surface area contributed by atoms with Gasteiger partial charge in [-0.2, -0.15) is 5.10 Å². The van der Waals surface area contributed by atoms with E-state index in [0.29, 0.717) is 17.8 Å². The molecule has 0 fully saturated rings. The van der Waals surface area contributed by atoms with Gasteiger partial charge in [-0.3, -0.25) is 4.79 Å². The highest BCUT2D eigenvalue weighted by Gasteiger charge is 2.19. The van der Waals surface area contributed by atoms with Crippen LogP contribution in [0, 0.1) is 0 Å². The summed E-state index contributed by atoms with van der Waals surface area (Å²) in [6.45, 7) is 3.98. The van der Waals surface area contributed by atoms with Crippen LogP contribution in [-0.2, 0) is 6.42 Å². The smallest absolute Gasteiger partial charge is 0.255 e. The Bertz CT molecular complexity index is 812. The van der Waals surface area contributed by atoms with E-state index in [1.807, 2.05) is 62.4 Å². The highest BCUT2D eigenvalue weighted by Crippen LogP contribution is 2.17. The fourth-order valence-corrected chi connectivity index (χ4v) is 2.68. The molecule has 0 saturated carbocycles. The maximum Gasteiger partial charge on any atom is 0.255 e. The van der Waals surface area contributed by atoms with Crippen molar-refractivity contribution in [3.8, 4) is 5.82 Å². The summed E-state index contributed by atoms with van der Waals surface area (Å²) in [6.07, 6.45) is 4.02. The monoisotopic (exact) mass is 320 g/mol. The molecule has 1 unspecified atom stereocenters. The van der Waals surface area contributed by atoms with Crippen LogP contribution in [0.15, 0.2) is 60.9 Å². The van der Waals surface area contributed by atoms with E-state index in [0.717, 1.165) is 11.3 Å². The van der Waals surface area contributed by atoms with Gasteiger partial charge in [0.25, 0.3) is 5.91 Å². The van der Waals surface area contributed by atoms with Crippen molar-refractivity contribution in [3.63, 3.8) is 0 Å². The molecular formula is C19H20N4O. The van der Waals surface area contributed by atoms with Crippen LogP contribution in [0.1, 0.15) is 41.5 Å². The number of carbonyl (C=O) groups excluding carboxylic acids is 1. The van der Waals surface area contributed by atoms with E-state index < -0.39 is 0 Å². The minimum atomic E-state index is -0.120. The third-order valence-electron chi connectivity index (χ3n) is 3.96. The number of nitrogens with one attached hydrogen (secondary N) is 1. The Morgan fingerprint density at radius 3 is 2.58 bits per heavy atom. The van der Waals surface area contributed by atoms with Gasteiger partial charge in [-0.15, -0.1) is 0 Å². The molecular weight excluding hydrogens is 300 g/mol. The van der Waals surface area contributed by atoms with Gasteiger partial charge in [-0.1, -0.05) is 43.3 Å². The molecule has 5 heteroatoms. The van der Waals surface area contributed by atoms with E-state index >= 15 is 0 Å². The predicted molar refractivity (Wildman–Crippen MR) is 93.1 cm³/mol. The first-order valence-corrected chi connectivity index (χ1v) is 8.04. The van der Waals surface area contributed by atoms with Gasteiger partial charge in [0, 0.05) is 6.20 Å². The number of nitrogens with zero attached hydrogens (tertiary/aromatic N) is 3. The molecule has 1 N–H and O–H groups in total. The first-order chi connectivity index (χ1) is 11.7. The van der Waals surface area contributed by atoms with E-state index in [9.17, 15) is 4.79 Å². The van der Waals surface area contributed by atoms with Gasteiger partial charge in [-0.05, 0) is 31.0 Å². The topological polar surface area (TPSA) is 59.8 Å². The summed E-state index contributed by atoms with van der Waals surface area (Å²) in [5.41, 5.74) is 2.51. The number of hydrogen-bond donors (Lipinski definition) is 1. The van der Waals surface area contributed by atoms with E-state index in [2.05, 4.69) is 15.4 Å². The van der Waals surface area contributed by atoms with Crippen LogP contribution in [0.4, 0.5) is 0 Å². The molecule has 0 aliphatic heterocycles. The van der Waals surface area contributed by atoms with Crippen molar-refractivity contribution in [1.82, 2.24) is 20.1 Å². The van der Waals surface area contributed by atoms with E-state index in [4.69, 9.17) is 0 Å². The van der Waals surface area contributed by atoms with Crippen LogP contribution >= 0.6 is 0 Å². The quantitative estimate of drug-likeness (QED) is 0.784. The Labute approximate surface area is 141 Å². The minimum absolute atomic E-state index is 0.0680. The van der Waals surface area contributed by atoms with Gasteiger partial charge in [0.15, 0.2) is 5.82 Å². The van der Waals surface area contributed by atoms with Crippen LogP contribution in [-0.4, -0.2) is 20.7 Å². The zero-order valence-corrected chi connectivity index (χ0v) is 13.8. The Hall–Kier alpha value is -2.95. The zero-order valence-electron chi connectivity index (χ0n) is 13.8. The lowest BCUT2D eigenvalue weighted by Gasteiger charge is -2.14. The molecule has 3 aromatic rings. The molecule has 1 aromatic carbocycles. The first kappa shape index (κ1) is 15.9. The van der Waals surface area contributed by atoms with Gasteiger partial charge in [0.2, 0.25) is 0 Å². The Morgan fingerprint density at radius 1 is 1.17 bits per heavy atom. The summed E-state index contributed by atoms with van der Waals surface area (Å²) in [5.74, 6) is 0.592. The fourth-order valence-electron chi connectivity index (χ4n) is 2.68. The molecule has 0 spiro atoms. The summed E-state index contributed by atoms with van der Waals surface area (Å²) in [7, 11) is 0. The number of benzene rings is 1. The minimum Gasteiger partial charge on any atom is -0.345 e. The van der Waals surface area contributed by atoms with Crippen molar-refractivity contribution in [2.45, 2.75) is 26.3 Å². The van der Waals surface area contributed by atoms with Crippen molar-refractivity contribution >= 4 is 5.91 Å². The molecule has 2 heterocycles. The van der Waals surface area contributed by atoms with E-state index in [1.54, 1.807) is 17.1 Å². The van der Waals surface area contributed by atoms with Gasteiger partial charge in [0.1, 0.15) is 0 Å². The van der Waals surface area contributed by atoms with Crippen molar-refractivity contribution in [2.75, 3.05) is 0 Å². The number of pyridine rings is 1. The number of hydrogen-bond acceptors (Lipinski definition) is 3. The highest BCUT2D eigenvalue weighted by atomic mass is 16.1. The SMILES string of the molecule is CCc1c(C(=O)NC(C)c2ccccc2)cnn1-c1ccccn1. The lowest BCUT2D eigenvalue weighted by atomic mass is 10.1. The second kappa shape index (κ2) is 7.08. The molecule has 1 atom stereocenters. The second-order valence-corrected chi connectivity index (χ2v) is 5.56. The summed E-state index contributed by atoms with van der Waals surface area (Å²) in [5, 5.41) is 7.39. The fraction of sp³-hybridized carbons (Fsp3) is 0.211. The third kappa shape index (κ3) is 3.20. The predicted octanol–water partition coefficient (Wildman–Crippen LogP) is 3.32. The van der Waals surface area contributed by atoms with Crippen molar-refractivity contribution in [2.24, 2.45) is 0 Å². The lowest BCUT2D eigenvalue weighted by molar-refractivity contribution is 0.0939. The second-order valence-electron chi connectivity index (χ2n) is 5.56. The Kier molecular flexibility index (Phi) is 4.70. The average molecular weight is 320 g/mol. The molecule has 5 nitrogen and oxygen atoms in total. The number of rotatable bonds is 5. The van der Waals surface area contributed by atoms with Crippen LogP contribution in [0.25, 0.3) is 5.82 Å². The molecule has 0 aliphatic carbocycles. The number of aromatic nitrogens is 3. The highest BCUT2D eigenvalue weighted by molar-refractivity contribution is 5.95. The molecule has 2 aromatic heterocycles. The first-order valence-electron chi connectivity index (χ1n) is 8.04. The molecule has 1 amide bonds. The van der Waals surface area contributed by atoms with E-state index in [-0.39, 0.29) is 11.9 Å². The average Bonchev–Trinajstić information content (AvgIpc) is 3.07. The van der Waals surface area contributed by atoms with Gasteiger partial charge in [0.05, 0.1) is 23.5 Å². The third-order valence-corrected chi connectivity index (χ3v) is 3.96. The van der Waals surface area contributed by atoms with Gasteiger partial charge in [-0.25, -0.2) is 9.67 Å². The lowest BCUT2D eigenvalue weighted by Crippen LogP contribution is -2.27. The zero-order chi connectivity index (χ0) is 16.9. The standard InChI is InChI=1S/C19H20N4O/c1-3-17-16(13-21-23(17)18-11-7-8-12-20-18)19(24)22-14(2)15-9-5-4-6-10-15/h4-14H,3H2,1-2H3,(H,22,24). The van der Waals surface area contributed by atoms with Crippen LogP contribution in [0.5, 0.6) is 0 Å². The van der Waals surface area contributed by atoms with Gasteiger partial charge >= 0.3 is 0 Å². The largest absolute Gasteiger partial charge is 0.345 e. The molecule has 3 rings (SSSR count). The number of carbonyl (C=O) groups is 1. The molecule has 0 aliphatic rings. The van der Waals surface area contributed by atoms with Crippen molar-refractivity contribution in [3.05, 3.63) is 77.7 Å². The normalized spacial score (nSPS) is 11.9. The van der Waals surface area contributed by atoms with Gasteiger partial charge < -0.3 is 5.32 Å². The summed E-state index contributed by atoms with van der Waals surface area (Å²) in [6, 6.07) is 15.5. The summed E-state index contributed by atoms with van der Waals surface area (Å²) >= 11 is 0. The maximum absolute atomic E-state index is 12.7. The molecule has 0 saturated heterocycles. The van der Waals surface area contributed by atoms with Crippen LogP contribution < -0.4 is 5.32 Å². The summed E-state index contributed by atoms with van der Waals surface area (Å²) in [4.78, 5) is 17.0. The van der Waals surface area contributed by atoms with Crippen molar-refractivity contribution in [1.29, 1.82) is 0 Å². The van der Waals surface area contributed by atoms with Crippen LogP contribution in [0.3, 0.4) is 0 Å². The maximum atomic E-state index is 12.7. The number of amides is 1. The Balaban J connectivity index is 1.84. The van der Waals surface area contributed by atoms with Crippen molar-refractivity contribution < 1.29 is 4.79 Å². The van der Waals surface area contributed by atoms with E-state index in [1.165, 1.54) is 0 Å². The Morgan fingerprint density at radius 2 is 1.92 bits per heavy atom.